The third kappa shape index (κ3) is 6.27. The molecule has 3 aromatic rings. The zero-order chi connectivity index (χ0) is 30.3. The lowest BCUT2D eigenvalue weighted by atomic mass is 9.93. The van der Waals surface area contributed by atoms with Crippen molar-refractivity contribution in [2.75, 3.05) is 25.1 Å². The van der Waals surface area contributed by atoms with Crippen LogP contribution in [0.3, 0.4) is 0 Å². The second-order valence-electron chi connectivity index (χ2n) is 10.7. The maximum absolute atomic E-state index is 14.3. The van der Waals surface area contributed by atoms with Crippen LogP contribution in [0, 0.1) is 5.82 Å². The first-order valence-corrected chi connectivity index (χ1v) is 14.0. The smallest absolute Gasteiger partial charge is 0.371 e. The van der Waals surface area contributed by atoms with Gasteiger partial charge in [-0.2, -0.15) is 18.3 Å². The molecule has 0 aromatic heterocycles. The third-order valence-electron chi connectivity index (χ3n) is 7.70. The Morgan fingerprint density at radius 2 is 1.76 bits per heavy atom. The lowest BCUT2D eigenvalue weighted by Crippen LogP contribution is -2.38. The van der Waals surface area contributed by atoms with Crippen molar-refractivity contribution < 1.29 is 27.5 Å². The van der Waals surface area contributed by atoms with Gasteiger partial charge in [0.15, 0.2) is 6.23 Å². The molecule has 1 N–H and O–H groups in total. The number of carbonyl (C=O) groups excluding carboxylic acids is 1. The quantitative estimate of drug-likeness (QED) is 0.307. The number of carbonyl (C=O) groups is 1. The van der Waals surface area contributed by atoms with E-state index in [9.17, 15) is 27.5 Å². The lowest BCUT2D eigenvalue weighted by Gasteiger charge is -2.29. The van der Waals surface area contributed by atoms with Crippen molar-refractivity contribution in [3.63, 3.8) is 0 Å². The van der Waals surface area contributed by atoms with E-state index >= 15 is 0 Å². The van der Waals surface area contributed by atoms with E-state index < -0.39 is 23.8 Å². The number of aliphatic hydroxyl groups excluding tert-OH is 1. The van der Waals surface area contributed by atoms with Crippen molar-refractivity contribution in [3.8, 4) is 0 Å². The molecule has 3 unspecified atom stereocenters. The van der Waals surface area contributed by atoms with Crippen LogP contribution >= 0.6 is 23.2 Å². The van der Waals surface area contributed by atoms with E-state index in [1.165, 1.54) is 11.1 Å². The Balaban J connectivity index is 1.38. The highest BCUT2D eigenvalue weighted by atomic mass is 35.5. The molecule has 0 saturated carbocycles. The van der Waals surface area contributed by atoms with Crippen molar-refractivity contribution in [1.82, 2.24) is 9.80 Å². The number of hydrazone groups is 1. The van der Waals surface area contributed by atoms with E-state index in [-0.39, 0.29) is 24.4 Å². The van der Waals surface area contributed by atoms with Crippen LogP contribution in [0.15, 0.2) is 65.8 Å². The summed E-state index contributed by atoms with van der Waals surface area (Å²) in [6, 6.07) is 14.7. The molecule has 3 atom stereocenters. The molecular weight excluding hydrogens is 595 g/mol. The standard InChI is InChI=1S/C30H28Cl2F4N4O2/c1-17-11-28(41)40(37-17)21-7-4-19(5-8-21)29(42)39-15-22(20-6-10-24(31)25(32)13-20)27(16-39)38(2)14-18-3-9-23(26(33)12-18)30(34,35)36/h3-10,12-13,22,27-28,41H,11,14-16H2,1-2H3. The number of likely N-dealkylation sites (N-methyl/N-ethyl adjacent to an activating group) is 1. The number of aliphatic hydroxyl groups is 1. The molecular formula is C30H28Cl2F4N4O2. The van der Waals surface area contributed by atoms with E-state index in [0.717, 1.165) is 23.4 Å². The fourth-order valence-electron chi connectivity index (χ4n) is 5.57. The molecule has 222 valence electrons. The van der Waals surface area contributed by atoms with Crippen molar-refractivity contribution in [2.24, 2.45) is 5.10 Å². The Bertz CT molecular complexity index is 1520. The predicted octanol–water partition coefficient (Wildman–Crippen LogP) is 6.80. The van der Waals surface area contributed by atoms with Crippen molar-refractivity contribution in [3.05, 3.63) is 98.8 Å². The minimum absolute atomic E-state index is 0.159. The van der Waals surface area contributed by atoms with E-state index in [0.29, 0.717) is 46.4 Å². The highest BCUT2D eigenvalue weighted by Gasteiger charge is 2.39. The Morgan fingerprint density at radius 1 is 1.05 bits per heavy atom. The summed E-state index contributed by atoms with van der Waals surface area (Å²) >= 11 is 12.5. The second-order valence-corrected chi connectivity index (χ2v) is 11.5. The van der Waals surface area contributed by atoms with Crippen LogP contribution in [0.1, 0.15) is 46.3 Å². The summed E-state index contributed by atoms with van der Waals surface area (Å²) in [5.74, 6) is -1.74. The van der Waals surface area contributed by atoms with Gasteiger partial charge in [-0.15, -0.1) is 0 Å². The first-order valence-electron chi connectivity index (χ1n) is 13.2. The first kappa shape index (κ1) is 30.3. The fraction of sp³-hybridized carbons (Fsp3) is 0.333. The number of amides is 1. The number of hydrogen-bond donors (Lipinski definition) is 1. The maximum Gasteiger partial charge on any atom is 0.419 e. The van der Waals surface area contributed by atoms with Crippen LogP contribution in [-0.2, 0) is 12.7 Å². The molecule has 2 aliphatic rings. The Labute approximate surface area is 250 Å². The van der Waals surface area contributed by atoms with E-state index in [4.69, 9.17) is 23.2 Å². The molecule has 0 spiro atoms. The summed E-state index contributed by atoms with van der Waals surface area (Å²) in [7, 11) is 1.79. The highest BCUT2D eigenvalue weighted by Crippen LogP contribution is 2.36. The summed E-state index contributed by atoms with van der Waals surface area (Å²) in [6.45, 7) is 2.66. The minimum atomic E-state index is -4.78. The molecule has 6 nitrogen and oxygen atoms in total. The molecule has 1 amide bonds. The number of hydrogen-bond acceptors (Lipinski definition) is 5. The summed E-state index contributed by atoms with van der Waals surface area (Å²) in [4.78, 5) is 17.2. The summed E-state index contributed by atoms with van der Waals surface area (Å²) in [5.41, 5.74) is 1.83. The van der Waals surface area contributed by atoms with Gasteiger partial charge in [-0.25, -0.2) is 9.40 Å². The van der Waals surface area contributed by atoms with Crippen molar-refractivity contribution in [2.45, 2.75) is 44.3 Å². The minimum Gasteiger partial charge on any atom is -0.371 e. The monoisotopic (exact) mass is 622 g/mol. The molecule has 2 aliphatic heterocycles. The van der Waals surface area contributed by atoms with E-state index in [2.05, 4.69) is 5.10 Å². The van der Waals surface area contributed by atoms with Crippen molar-refractivity contribution in [1.29, 1.82) is 0 Å². The maximum atomic E-state index is 14.3. The Morgan fingerprint density at radius 3 is 2.36 bits per heavy atom. The zero-order valence-electron chi connectivity index (χ0n) is 22.7. The third-order valence-corrected chi connectivity index (χ3v) is 8.44. The molecule has 1 fully saturated rings. The molecule has 42 heavy (non-hydrogen) atoms. The van der Waals surface area contributed by atoms with Crippen LogP contribution in [-0.4, -0.2) is 58.9 Å². The number of benzene rings is 3. The van der Waals surface area contributed by atoms with Gasteiger partial charge in [-0.05, 0) is 73.6 Å². The second kappa shape index (κ2) is 11.8. The molecule has 0 bridgehead atoms. The van der Waals surface area contributed by atoms with Crippen LogP contribution < -0.4 is 5.01 Å². The number of halogens is 6. The fourth-order valence-corrected chi connectivity index (χ4v) is 5.88. The summed E-state index contributed by atoms with van der Waals surface area (Å²) in [5, 5.41) is 16.8. The molecule has 12 heteroatoms. The number of anilines is 1. The Hall–Kier alpha value is -3.18. The van der Waals surface area contributed by atoms with Gasteiger partial charge < -0.3 is 10.0 Å². The number of rotatable bonds is 6. The molecule has 2 heterocycles. The highest BCUT2D eigenvalue weighted by molar-refractivity contribution is 6.42. The number of likely N-dealkylation sites (tertiary alicyclic amines) is 1. The SMILES string of the molecule is CC1=NN(c2ccc(C(=O)N3CC(c4ccc(Cl)c(Cl)c4)C(N(C)Cc4ccc(C(F)(F)F)c(F)c4)C3)cc2)C(O)C1. The van der Waals surface area contributed by atoms with Gasteiger partial charge in [0.2, 0.25) is 0 Å². The zero-order valence-corrected chi connectivity index (χ0v) is 24.3. The average molecular weight is 623 g/mol. The largest absolute Gasteiger partial charge is 0.419 e. The van der Waals surface area contributed by atoms with Gasteiger partial charge in [-0.1, -0.05) is 35.3 Å². The first-order chi connectivity index (χ1) is 19.8. The molecule has 0 radical (unpaired) electrons. The summed E-state index contributed by atoms with van der Waals surface area (Å²) in [6.07, 6.45) is -5.09. The van der Waals surface area contributed by atoms with E-state index in [1.807, 2.05) is 17.9 Å². The number of nitrogens with zero attached hydrogens (tertiary/aromatic N) is 4. The van der Waals surface area contributed by atoms with Crippen LogP contribution in [0.2, 0.25) is 10.0 Å². The van der Waals surface area contributed by atoms with Gasteiger partial charge in [-0.3, -0.25) is 9.69 Å². The van der Waals surface area contributed by atoms with Crippen LogP contribution in [0.4, 0.5) is 23.2 Å². The molecule has 5 rings (SSSR count). The van der Waals surface area contributed by atoms with Gasteiger partial charge >= 0.3 is 6.18 Å². The molecule has 1 saturated heterocycles. The topological polar surface area (TPSA) is 59.4 Å². The average Bonchev–Trinajstić information content (AvgIpc) is 3.52. The molecule has 3 aromatic carbocycles. The van der Waals surface area contributed by atoms with Gasteiger partial charge in [0.25, 0.3) is 5.91 Å². The van der Waals surface area contributed by atoms with Crippen LogP contribution in [0.25, 0.3) is 0 Å². The van der Waals surface area contributed by atoms with Gasteiger partial charge in [0.1, 0.15) is 5.82 Å². The normalized spacial score (nSPS) is 20.9. The Kier molecular flexibility index (Phi) is 8.53. The van der Waals surface area contributed by atoms with Gasteiger partial charge in [0.05, 0.1) is 21.3 Å². The summed E-state index contributed by atoms with van der Waals surface area (Å²) < 4.78 is 53.4. The lowest BCUT2D eigenvalue weighted by molar-refractivity contribution is -0.140. The number of alkyl halides is 3. The predicted molar refractivity (Wildman–Crippen MR) is 154 cm³/mol. The molecule has 0 aliphatic carbocycles. The van der Waals surface area contributed by atoms with E-state index in [1.54, 1.807) is 48.3 Å². The van der Waals surface area contributed by atoms with Gasteiger partial charge in [0, 0.05) is 49.3 Å². The van der Waals surface area contributed by atoms with Crippen molar-refractivity contribution >= 4 is 40.5 Å². The van der Waals surface area contributed by atoms with Crippen LogP contribution in [0.5, 0.6) is 0 Å².